The van der Waals surface area contributed by atoms with Crippen LogP contribution in [0.15, 0.2) is 18.2 Å². The molecule has 0 aliphatic heterocycles. The van der Waals surface area contributed by atoms with Crippen LogP contribution in [0.25, 0.3) is 0 Å². The minimum atomic E-state index is -1.13. The average Bonchev–Trinajstić information content (AvgIpc) is 2.29. The first-order chi connectivity index (χ1) is 8.32. The number of nitrogens with one attached hydrogen (secondary N) is 1. The summed E-state index contributed by atoms with van der Waals surface area (Å²) in [7, 11) is 3.82. The molecule has 1 rings (SSSR count). The third-order valence-electron chi connectivity index (χ3n) is 2.72. The zero-order valence-electron chi connectivity index (χ0n) is 11.0. The summed E-state index contributed by atoms with van der Waals surface area (Å²) in [6.07, 6.45) is 0. The molecule has 0 aliphatic rings. The van der Waals surface area contributed by atoms with Gasteiger partial charge in [-0.25, -0.2) is 0 Å². The van der Waals surface area contributed by atoms with E-state index in [-0.39, 0.29) is 0 Å². The van der Waals surface area contributed by atoms with Gasteiger partial charge in [0, 0.05) is 25.5 Å². The van der Waals surface area contributed by atoms with Crippen molar-refractivity contribution in [2.45, 2.75) is 13.8 Å². The smallest absolute Gasteiger partial charge is 0.315 e. The highest BCUT2D eigenvalue weighted by Crippen LogP contribution is 2.22. The van der Waals surface area contributed by atoms with Crippen LogP contribution < -0.4 is 10.2 Å². The molecule has 0 saturated heterocycles. The van der Waals surface area contributed by atoms with Gasteiger partial charge >= 0.3 is 5.97 Å². The molecule has 0 bridgehead atoms. The molecule has 0 fully saturated rings. The molecule has 1 aromatic rings. The van der Waals surface area contributed by atoms with Crippen LogP contribution in [0.3, 0.4) is 0 Å². The Morgan fingerprint density at radius 1 is 1.33 bits per heavy atom. The van der Waals surface area contributed by atoms with Crippen molar-refractivity contribution in [2.75, 3.05) is 24.3 Å². The molecule has 1 aromatic carbocycles. The number of aryl methyl sites for hydroxylation is 1. The summed E-state index contributed by atoms with van der Waals surface area (Å²) in [4.78, 5) is 24.2. The zero-order valence-corrected chi connectivity index (χ0v) is 11.0. The molecule has 18 heavy (non-hydrogen) atoms. The number of aliphatic carboxylic acids is 1. The van der Waals surface area contributed by atoms with Crippen molar-refractivity contribution >= 4 is 23.3 Å². The van der Waals surface area contributed by atoms with Gasteiger partial charge in [-0.3, -0.25) is 9.59 Å². The van der Waals surface area contributed by atoms with Gasteiger partial charge in [-0.1, -0.05) is 6.07 Å². The van der Waals surface area contributed by atoms with Crippen LogP contribution >= 0.6 is 0 Å². The van der Waals surface area contributed by atoms with Gasteiger partial charge in [-0.15, -0.1) is 0 Å². The van der Waals surface area contributed by atoms with Gasteiger partial charge in [0.2, 0.25) is 5.91 Å². The van der Waals surface area contributed by atoms with Crippen molar-refractivity contribution in [3.05, 3.63) is 23.8 Å². The van der Waals surface area contributed by atoms with Gasteiger partial charge < -0.3 is 15.3 Å². The number of hydrogen-bond acceptors (Lipinski definition) is 3. The molecule has 0 radical (unpaired) electrons. The van der Waals surface area contributed by atoms with Crippen LogP contribution in [-0.2, 0) is 9.59 Å². The quantitative estimate of drug-likeness (QED) is 0.798. The fraction of sp³-hybridized carbons (Fsp3) is 0.385. The molecule has 5 nitrogen and oxygen atoms in total. The summed E-state index contributed by atoms with van der Waals surface area (Å²) in [5.74, 6) is -2.71. The number of benzene rings is 1. The second-order valence-electron chi connectivity index (χ2n) is 4.44. The van der Waals surface area contributed by atoms with Crippen molar-refractivity contribution in [1.29, 1.82) is 0 Å². The first kappa shape index (κ1) is 14.0. The van der Waals surface area contributed by atoms with E-state index in [0.29, 0.717) is 5.69 Å². The largest absolute Gasteiger partial charge is 0.481 e. The predicted molar refractivity (Wildman–Crippen MR) is 70.9 cm³/mol. The van der Waals surface area contributed by atoms with E-state index in [1.165, 1.54) is 6.92 Å². The molecule has 0 heterocycles. The summed E-state index contributed by atoms with van der Waals surface area (Å²) >= 11 is 0. The maximum atomic E-state index is 11.6. The summed E-state index contributed by atoms with van der Waals surface area (Å²) < 4.78 is 0. The topological polar surface area (TPSA) is 69.6 Å². The van der Waals surface area contributed by atoms with Crippen LogP contribution in [0.1, 0.15) is 12.5 Å². The van der Waals surface area contributed by atoms with E-state index in [2.05, 4.69) is 5.32 Å². The second-order valence-corrected chi connectivity index (χ2v) is 4.44. The maximum absolute atomic E-state index is 11.6. The third-order valence-corrected chi connectivity index (χ3v) is 2.72. The van der Waals surface area contributed by atoms with E-state index >= 15 is 0 Å². The average molecular weight is 250 g/mol. The molecule has 0 spiro atoms. The molecule has 1 unspecified atom stereocenters. The normalized spacial score (nSPS) is 11.8. The Bertz CT molecular complexity index is 469. The lowest BCUT2D eigenvalue weighted by atomic mass is 10.1. The number of carboxylic acid groups (broad SMARTS) is 1. The number of hydrogen-bond donors (Lipinski definition) is 2. The Hall–Kier alpha value is -2.04. The summed E-state index contributed by atoms with van der Waals surface area (Å²) in [6.45, 7) is 3.33. The lowest BCUT2D eigenvalue weighted by Crippen LogP contribution is -2.27. The van der Waals surface area contributed by atoms with E-state index in [0.717, 1.165) is 11.3 Å². The monoisotopic (exact) mass is 250 g/mol. The molecule has 2 N–H and O–H groups in total. The van der Waals surface area contributed by atoms with Crippen molar-refractivity contribution in [1.82, 2.24) is 0 Å². The molecule has 0 aliphatic carbocycles. The van der Waals surface area contributed by atoms with Gasteiger partial charge in [-0.05, 0) is 31.5 Å². The molecule has 1 amide bonds. The summed E-state index contributed by atoms with van der Waals surface area (Å²) in [5, 5.41) is 11.3. The first-order valence-corrected chi connectivity index (χ1v) is 5.64. The highest BCUT2D eigenvalue weighted by Gasteiger charge is 2.20. The number of rotatable bonds is 4. The number of carboxylic acids is 1. The summed E-state index contributed by atoms with van der Waals surface area (Å²) in [5.41, 5.74) is 2.67. The Morgan fingerprint density at radius 2 is 1.94 bits per heavy atom. The molecule has 0 saturated carbocycles. The summed E-state index contributed by atoms with van der Waals surface area (Å²) in [6, 6.07) is 5.47. The van der Waals surface area contributed by atoms with Gasteiger partial charge in [-0.2, -0.15) is 0 Å². The van der Waals surface area contributed by atoms with Gasteiger partial charge in [0.05, 0.1) is 0 Å². The van der Waals surface area contributed by atoms with E-state index in [1.54, 1.807) is 6.07 Å². The SMILES string of the molecule is Cc1ccc(NC(=O)C(C)C(=O)O)cc1N(C)C. The fourth-order valence-corrected chi connectivity index (χ4v) is 1.53. The standard InChI is InChI=1S/C13H18N2O3/c1-8-5-6-10(7-11(8)15(3)4)14-12(16)9(2)13(17)18/h5-7,9H,1-4H3,(H,14,16)(H,17,18). The Labute approximate surface area is 106 Å². The molecule has 0 aromatic heterocycles. The minimum absolute atomic E-state index is 0.518. The van der Waals surface area contributed by atoms with Crippen LogP contribution in [0, 0.1) is 12.8 Å². The van der Waals surface area contributed by atoms with Crippen molar-refractivity contribution < 1.29 is 14.7 Å². The van der Waals surface area contributed by atoms with Crippen molar-refractivity contribution in [3.8, 4) is 0 Å². The van der Waals surface area contributed by atoms with Gasteiger partial charge in [0.25, 0.3) is 0 Å². The number of anilines is 2. The lowest BCUT2D eigenvalue weighted by Gasteiger charge is -2.17. The van der Waals surface area contributed by atoms with Crippen molar-refractivity contribution in [3.63, 3.8) is 0 Å². The second kappa shape index (κ2) is 5.53. The van der Waals surface area contributed by atoms with Crippen LogP contribution in [0.4, 0.5) is 11.4 Å². The third kappa shape index (κ3) is 3.23. The predicted octanol–water partition coefficient (Wildman–Crippen LogP) is 1.72. The van der Waals surface area contributed by atoms with E-state index < -0.39 is 17.8 Å². The Balaban J connectivity index is 2.89. The Kier molecular flexibility index (Phi) is 4.31. The molecular formula is C13H18N2O3. The van der Waals surface area contributed by atoms with Crippen molar-refractivity contribution in [2.24, 2.45) is 5.92 Å². The lowest BCUT2D eigenvalue weighted by molar-refractivity contribution is -0.144. The van der Waals surface area contributed by atoms with Crippen LogP contribution in [-0.4, -0.2) is 31.1 Å². The fourth-order valence-electron chi connectivity index (χ4n) is 1.53. The molecular weight excluding hydrogens is 232 g/mol. The van der Waals surface area contributed by atoms with E-state index in [1.807, 2.05) is 38.1 Å². The van der Waals surface area contributed by atoms with E-state index in [9.17, 15) is 9.59 Å². The number of carbonyl (C=O) groups is 2. The van der Waals surface area contributed by atoms with Gasteiger partial charge in [0.15, 0.2) is 0 Å². The number of nitrogens with zero attached hydrogens (tertiary/aromatic N) is 1. The zero-order chi connectivity index (χ0) is 13.9. The molecule has 98 valence electrons. The van der Waals surface area contributed by atoms with Gasteiger partial charge in [0.1, 0.15) is 5.92 Å². The number of carbonyl (C=O) groups excluding carboxylic acids is 1. The maximum Gasteiger partial charge on any atom is 0.315 e. The highest BCUT2D eigenvalue weighted by molar-refractivity contribution is 6.04. The van der Waals surface area contributed by atoms with Crippen LogP contribution in [0.5, 0.6) is 0 Å². The van der Waals surface area contributed by atoms with E-state index in [4.69, 9.17) is 5.11 Å². The molecule has 5 heteroatoms. The number of amides is 1. The first-order valence-electron chi connectivity index (χ1n) is 5.64. The van der Waals surface area contributed by atoms with Crippen LogP contribution in [0.2, 0.25) is 0 Å². The highest BCUT2D eigenvalue weighted by atomic mass is 16.4. The molecule has 1 atom stereocenters. The Morgan fingerprint density at radius 3 is 2.44 bits per heavy atom. The minimum Gasteiger partial charge on any atom is -0.481 e.